The molecule has 0 amide bonds. The number of sulfone groups is 1. The van der Waals surface area contributed by atoms with Crippen molar-refractivity contribution in [1.82, 2.24) is 25.4 Å². The molecule has 9 heteroatoms. The molecular weight excluding hydrogens is 352 g/mol. The monoisotopic (exact) mass is 384 g/mol. The Bertz CT molecular complexity index is 698. The van der Waals surface area contributed by atoms with E-state index >= 15 is 0 Å². The normalized spacial score (nSPS) is 16.7. The minimum absolute atomic E-state index is 0.0446. The molecule has 0 bridgehead atoms. The van der Waals surface area contributed by atoms with Gasteiger partial charge in [-0.25, -0.2) is 8.42 Å². The number of guanidine groups is 1. The van der Waals surface area contributed by atoms with E-state index in [4.69, 9.17) is 0 Å². The van der Waals surface area contributed by atoms with Crippen molar-refractivity contribution in [2.45, 2.75) is 64.5 Å². The third-order valence-electron chi connectivity index (χ3n) is 4.58. The van der Waals surface area contributed by atoms with Gasteiger partial charge in [-0.05, 0) is 32.6 Å². The molecule has 1 aromatic heterocycles. The summed E-state index contributed by atoms with van der Waals surface area (Å²) in [7, 11) is -1.21. The predicted molar refractivity (Wildman–Crippen MR) is 104 cm³/mol. The van der Waals surface area contributed by atoms with E-state index in [2.05, 4.69) is 30.4 Å². The summed E-state index contributed by atoms with van der Waals surface area (Å²) >= 11 is 0. The number of aliphatic imine (C=N–C) groups is 1. The maximum atomic E-state index is 11.3. The molecule has 0 saturated carbocycles. The highest BCUT2D eigenvalue weighted by atomic mass is 32.2. The second kappa shape index (κ2) is 9.89. The molecule has 8 nitrogen and oxygen atoms in total. The molecule has 1 atom stereocenters. The van der Waals surface area contributed by atoms with E-state index in [1.54, 1.807) is 7.05 Å². The number of nitrogens with zero attached hydrogens (tertiary/aromatic N) is 4. The number of rotatable bonds is 8. The van der Waals surface area contributed by atoms with Gasteiger partial charge in [-0.3, -0.25) is 4.99 Å². The Labute approximate surface area is 156 Å². The van der Waals surface area contributed by atoms with E-state index in [9.17, 15) is 8.42 Å². The fourth-order valence-corrected chi connectivity index (χ4v) is 3.86. The van der Waals surface area contributed by atoms with Crippen molar-refractivity contribution in [3.05, 3.63) is 11.6 Å². The predicted octanol–water partition coefficient (Wildman–Crippen LogP) is 0.925. The molecule has 1 aromatic rings. The number of hydrogen-bond donors (Lipinski definition) is 2. The van der Waals surface area contributed by atoms with E-state index in [1.807, 2.05) is 6.92 Å². The number of hydrogen-bond acceptors (Lipinski definition) is 5. The Morgan fingerprint density at radius 1 is 1.31 bits per heavy atom. The van der Waals surface area contributed by atoms with Crippen LogP contribution in [0.2, 0.25) is 0 Å². The first-order valence-electron chi connectivity index (χ1n) is 9.45. The van der Waals surface area contributed by atoms with Crippen molar-refractivity contribution >= 4 is 15.8 Å². The number of fused-ring (bicyclic) bond motifs is 1. The molecule has 1 unspecified atom stereocenters. The Morgan fingerprint density at radius 3 is 2.85 bits per heavy atom. The minimum Gasteiger partial charge on any atom is -0.356 e. The highest BCUT2D eigenvalue weighted by Gasteiger charge is 2.14. The van der Waals surface area contributed by atoms with Crippen LogP contribution in [-0.2, 0) is 29.2 Å². The molecule has 1 aliphatic heterocycles. The maximum absolute atomic E-state index is 11.3. The van der Waals surface area contributed by atoms with Gasteiger partial charge in [0.05, 0.1) is 5.75 Å². The van der Waals surface area contributed by atoms with Gasteiger partial charge in [0.2, 0.25) is 0 Å². The molecule has 2 N–H and O–H groups in total. The van der Waals surface area contributed by atoms with Crippen LogP contribution in [0.3, 0.4) is 0 Å². The third-order valence-corrected chi connectivity index (χ3v) is 5.56. The molecular formula is C17H32N6O2S. The van der Waals surface area contributed by atoms with E-state index in [0.29, 0.717) is 12.4 Å². The fourth-order valence-electron chi connectivity index (χ4n) is 3.07. The van der Waals surface area contributed by atoms with Gasteiger partial charge in [0.15, 0.2) is 5.96 Å². The number of aromatic nitrogens is 3. The minimum atomic E-state index is -2.93. The first-order chi connectivity index (χ1) is 12.4. The standard InChI is InChI=1S/C17H32N6O2S/c1-14(10-13-26(3,24)25)20-17(18-2)19-11-7-9-16-22-21-15-8-5-4-6-12-23(15)16/h14H,4-13H2,1-3H3,(H2,18,19,20). The van der Waals surface area contributed by atoms with Crippen LogP contribution < -0.4 is 10.6 Å². The van der Waals surface area contributed by atoms with Crippen molar-refractivity contribution in [3.63, 3.8) is 0 Å². The zero-order valence-electron chi connectivity index (χ0n) is 16.2. The summed E-state index contributed by atoms with van der Waals surface area (Å²) in [6.07, 6.45) is 8.37. The third kappa shape index (κ3) is 6.93. The van der Waals surface area contributed by atoms with Crippen molar-refractivity contribution in [1.29, 1.82) is 0 Å². The van der Waals surface area contributed by atoms with Crippen molar-refractivity contribution in [2.24, 2.45) is 4.99 Å². The Kier molecular flexibility index (Phi) is 7.86. The SMILES string of the molecule is CN=C(NCCCc1nnc2n1CCCCC2)NC(C)CCS(C)(=O)=O. The van der Waals surface area contributed by atoms with Gasteiger partial charge in [0.1, 0.15) is 21.5 Å². The summed E-state index contributed by atoms with van der Waals surface area (Å²) in [5, 5.41) is 15.2. The van der Waals surface area contributed by atoms with Gasteiger partial charge in [0, 0.05) is 45.3 Å². The molecule has 1 aliphatic rings. The van der Waals surface area contributed by atoms with Crippen LogP contribution in [0.4, 0.5) is 0 Å². The lowest BCUT2D eigenvalue weighted by Gasteiger charge is -2.17. The average molecular weight is 385 g/mol. The largest absolute Gasteiger partial charge is 0.356 e. The Hall–Kier alpha value is -1.64. The topological polar surface area (TPSA) is 101 Å². The molecule has 0 saturated heterocycles. The molecule has 26 heavy (non-hydrogen) atoms. The van der Waals surface area contributed by atoms with Crippen LogP contribution in [0, 0.1) is 0 Å². The van der Waals surface area contributed by atoms with Crippen molar-refractivity contribution in [2.75, 3.05) is 25.6 Å². The average Bonchev–Trinajstić information content (AvgIpc) is 2.81. The van der Waals surface area contributed by atoms with Gasteiger partial charge in [0.25, 0.3) is 0 Å². The van der Waals surface area contributed by atoms with Crippen LogP contribution >= 0.6 is 0 Å². The van der Waals surface area contributed by atoms with E-state index < -0.39 is 9.84 Å². The molecule has 0 aliphatic carbocycles. The molecule has 2 rings (SSSR count). The summed E-state index contributed by atoms with van der Waals surface area (Å²) in [6.45, 7) is 3.77. The molecule has 0 radical (unpaired) electrons. The molecule has 2 heterocycles. The zero-order chi connectivity index (χ0) is 19.0. The fraction of sp³-hybridized carbons (Fsp3) is 0.824. The van der Waals surface area contributed by atoms with Gasteiger partial charge in [-0.15, -0.1) is 10.2 Å². The van der Waals surface area contributed by atoms with Crippen molar-refractivity contribution in [3.8, 4) is 0 Å². The molecule has 0 fully saturated rings. The number of aryl methyl sites for hydroxylation is 2. The highest BCUT2D eigenvalue weighted by Crippen LogP contribution is 2.15. The first kappa shape index (κ1) is 20.7. The van der Waals surface area contributed by atoms with Crippen LogP contribution in [0.1, 0.15) is 50.7 Å². The van der Waals surface area contributed by atoms with Gasteiger partial charge in [-0.1, -0.05) is 6.42 Å². The maximum Gasteiger partial charge on any atom is 0.191 e. The second-order valence-electron chi connectivity index (χ2n) is 7.06. The van der Waals surface area contributed by atoms with Crippen LogP contribution in [0.5, 0.6) is 0 Å². The first-order valence-corrected chi connectivity index (χ1v) is 11.5. The molecule has 0 spiro atoms. The van der Waals surface area contributed by atoms with Crippen LogP contribution in [0.25, 0.3) is 0 Å². The quantitative estimate of drug-likeness (QED) is 0.393. The summed E-state index contributed by atoms with van der Waals surface area (Å²) in [5.41, 5.74) is 0. The lowest BCUT2D eigenvalue weighted by atomic mass is 10.2. The lowest BCUT2D eigenvalue weighted by molar-refractivity contribution is 0.578. The molecule has 148 valence electrons. The Morgan fingerprint density at radius 2 is 2.12 bits per heavy atom. The van der Waals surface area contributed by atoms with Crippen LogP contribution in [-0.4, -0.2) is 60.8 Å². The van der Waals surface area contributed by atoms with E-state index in [-0.39, 0.29) is 11.8 Å². The second-order valence-corrected chi connectivity index (χ2v) is 9.32. The van der Waals surface area contributed by atoms with Crippen molar-refractivity contribution < 1.29 is 8.42 Å². The highest BCUT2D eigenvalue weighted by molar-refractivity contribution is 7.90. The summed E-state index contributed by atoms with van der Waals surface area (Å²) in [5.74, 6) is 3.08. The number of nitrogens with one attached hydrogen (secondary N) is 2. The summed E-state index contributed by atoms with van der Waals surface area (Å²) in [6, 6.07) is 0.0446. The summed E-state index contributed by atoms with van der Waals surface area (Å²) < 4.78 is 24.8. The van der Waals surface area contributed by atoms with Gasteiger partial charge >= 0.3 is 0 Å². The summed E-state index contributed by atoms with van der Waals surface area (Å²) in [4.78, 5) is 4.20. The smallest absolute Gasteiger partial charge is 0.191 e. The zero-order valence-corrected chi connectivity index (χ0v) is 17.0. The van der Waals surface area contributed by atoms with Gasteiger partial charge in [-0.2, -0.15) is 0 Å². The van der Waals surface area contributed by atoms with E-state index in [0.717, 1.165) is 44.0 Å². The van der Waals surface area contributed by atoms with Gasteiger partial charge < -0.3 is 15.2 Å². The molecule has 0 aromatic carbocycles. The lowest BCUT2D eigenvalue weighted by Crippen LogP contribution is -2.43. The van der Waals surface area contributed by atoms with Crippen LogP contribution in [0.15, 0.2) is 4.99 Å². The Balaban J connectivity index is 1.72. The van der Waals surface area contributed by atoms with E-state index in [1.165, 1.54) is 25.5 Å².